The van der Waals surface area contributed by atoms with Crippen molar-refractivity contribution in [3.8, 4) is 5.75 Å². The van der Waals surface area contributed by atoms with Gasteiger partial charge in [-0.05, 0) is 17.7 Å². The van der Waals surface area contributed by atoms with Crippen LogP contribution in [0, 0.1) is 0 Å². The highest BCUT2D eigenvalue weighted by Gasteiger charge is 2.37. The second kappa shape index (κ2) is 4.97. The number of carbonyl (C=O) groups is 2. The molecule has 96 valence electrons. The van der Waals surface area contributed by atoms with Crippen LogP contribution in [-0.4, -0.2) is 38.4 Å². The predicted octanol–water partition coefficient (Wildman–Crippen LogP) is 1.51. The van der Waals surface area contributed by atoms with E-state index in [4.69, 9.17) is 0 Å². The third kappa shape index (κ3) is 2.48. The van der Waals surface area contributed by atoms with E-state index in [0.29, 0.717) is 18.5 Å². The van der Waals surface area contributed by atoms with E-state index in [-0.39, 0.29) is 16.5 Å². The van der Waals surface area contributed by atoms with Gasteiger partial charge in [-0.15, -0.1) is 0 Å². The lowest BCUT2D eigenvalue weighted by Gasteiger charge is -2.24. The zero-order chi connectivity index (χ0) is 13.3. The third-order valence-electron chi connectivity index (χ3n) is 2.87. The van der Waals surface area contributed by atoms with Gasteiger partial charge in [-0.1, -0.05) is 28.1 Å². The summed E-state index contributed by atoms with van der Waals surface area (Å²) in [4.78, 5) is 24.4. The average molecular weight is 314 g/mol. The number of phenols is 1. The molecule has 2 atom stereocenters. The van der Waals surface area contributed by atoms with Crippen LogP contribution in [0.15, 0.2) is 24.3 Å². The maximum Gasteiger partial charge on any atom is 0.331 e. The smallest absolute Gasteiger partial charge is 0.331 e. The van der Waals surface area contributed by atoms with Gasteiger partial charge in [0.15, 0.2) is 6.04 Å². The fourth-order valence-corrected chi connectivity index (χ4v) is 2.64. The standard InChI is InChI=1S/C12H12BrNO4/c13-8-5-10(16)14(6-8)11(12(17)18)7-1-3-9(15)4-2-7/h1-4,8,11,15H,5-6H2,(H,17,18). The van der Waals surface area contributed by atoms with Crippen molar-refractivity contribution >= 4 is 27.8 Å². The van der Waals surface area contributed by atoms with E-state index in [1.54, 1.807) is 0 Å². The van der Waals surface area contributed by atoms with Crippen LogP contribution in [0.25, 0.3) is 0 Å². The highest BCUT2D eigenvalue weighted by atomic mass is 79.9. The number of phenolic OH excluding ortho intramolecular Hbond substituents is 1. The number of aliphatic carboxylic acids is 1. The van der Waals surface area contributed by atoms with E-state index in [9.17, 15) is 19.8 Å². The summed E-state index contributed by atoms with van der Waals surface area (Å²) >= 11 is 3.33. The van der Waals surface area contributed by atoms with Crippen molar-refractivity contribution < 1.29 is 19.8 Å². The number of halogens is 1. The van der Waals surface area contributed by atoms with Gasteiger partial charge < -0.3 is 15.1 Å². The Kier molecular flexibility index (Phi) is 3.56. The van der Waals surface area contributed by atoms with E-state index in [0.717, 1.165) is 0 Å². The first-order valence-corrected chi connectivity index (χ1v) is 6.36. The van der Waals surface area contributed by atoms with E-state index in [1.165, 1.54) is 29.2 Å². The molecule has 0 radical (unpaired) electrons. The number of carboxylic acids is 1. The summed E-state index contributed by atoms with van der Waals surface area (Å²) in [5.74, 6) is -1.19. The summed E-state index contributed by atoms with van der Waals surface area (Å²) in [6.45, 7) is 0.372. The van der Waals surface area contributed by atoms with Crippen LogP contribution in [0.3, 0.4) is 0 Å². The minimum absolute atomic E-state index is 0.0102. The van der Waals surface area contributed by atoms with Gasteiger partial charge in [0, 0.05) is 17.8 Å². The number of aromatic hydroxyl groups is 1. The summed E-state index contributed by atoms with van der Waals surface area (Å²) in [5.41, 5.74) is 0.482. The van der Waals surface area contributed by atoms with Gasteiger partial charge in [-0.3, -0.25) is 4.79 Å². The predicted molar refractivity (Wildman–Crippen MR) is 67.5 cm³/mol. The molecule has 0 saturated carbocycles. The molecule has 1 fully saturated rings. The van der Waals surface area contributed by atoms with Gasteiger partial charge in [0.2, 0.25) is 5.91 Å². The number of hydrogen-bond donors (Lipinski definition) is 2. The Morgan fingerprint density at radius 1 is 1.39 bits per heavy atom. The molecular formula is C12H12BrNO4. The summed E-state index contributed by atoms with van der Waals surface area (Å²) in [6.07, 6.45) is 0.307. The molecule has 18 heavy (non-hydrogen) atoms. The minimum atomic E-state index is -1.07. The van der Waals surface area contributed by atoms with Crippen molar-refractivity contribution in [3.63, 3.8) is 0 Å². The lowest BCUT2D eigenvalue weighted by molar-refractivity contribution is -0.148. The van der Waals surface area contributed by atoms with Crippen LogP contribution in [-0.2, 0) is 9.59 Å². The zero-order valence-electron chi connectivity index (χ0n) is 9.41. The Balaban J connectivity index is 2.32. The molecule has 1 heterocycles. The minimum Gasteiger partial charge on any atom is -0.508 e. The number of amides is 1. The first-order chi connectivity index (χ1) is 8.49. The van der Waals surface area contributed by atoms with Crippen molar-refractivity contribution in [2.45, 2.75) is 17.3 Å². The largest absolute Gasteiger partial charge is 0.508 e. The number of benzene rings is 1. The highest BCUT2D eigenvalue weighted by Crippen LogP contribution is 2.29. The molecule has 2 unspecified atom stereocenters. The number of rotatable bonds is 3. The topological polar surface area (TPSA) is 77.8 Å². The monoisotopic (exact) mass is 313 g/mol. The van der Waals surface area contributed by atoms with E-state index >= 15 is 0 Å². The molecule has 5 nitrogen and oxygen atoms in total. The number of carbonyl (C=O) groups excluding carboxylic acids is 1. The molecule has 1 aromatic carbocycles. The van der Waals surface area contributed by atoms with Crippen LogP contribution in [0.4, 0.5) is 0 Å². The van der Waals surface area contributed by atoms with Gasteiger partial charge in [0.1, 0.15) is 5.75 Å². The first kappa shape index (κ1) is 12.9. The van der Waals surface area contributed by atoms with Crippen LogP contribution < -0.4 is 0 Å². The third-order valence-corrected chi connectivity index (χ3v) is 3.48. The molecule has 1 aliphatic rings. The molecule has 2 rings (SSSR count). The molecule has 0 bridgehead atoms. The van der Waals surface area contributed by atoms with E-state index < -0.39 is 12.0 Å². The maximum absolute atomic E-state index is 11.8. The first-order valence-electron chi connectivity index (χ1n) is 5.44. The molecule has 1 aromatic rings. The highest BCUT2D eigenvalue weighted by molar-refractivity contribution is 9.09. The molecule has 1 amide bonds. The second-order valence-electron chi connectivity index (χ2n) is 4.18. The number of likely N-dealkylation sites (tertiary alicyclic amines) is 1. The van der Waals surface area contributed by atoms with Crippen LogP contribution in [0.5, 0.6) is 5.75 Å². The van der Waals surface area contributed by atoms with Crippen molar-refractivity contribution in [1.82, 2.24) is 4.90 Å². The molecular weight excluding hydrogens is 302 g/mol. The van der Waals surface area contributed by atoms with Crippen molar-refractivity contribution in [3.05, 3.63) is 29.8 Å². The Hall–Kier alpha value is -1.56. The van der Waals surface area contributed by atoms with Crippen LogP contribution in [0.2, 0.25) is 0 Å². The lowest BCUT2D eigenvalue weighted by Crippen LogP contribution is -2.35. The van der Waals surface area contributed by atoms with E-state index in [1.807, 2.05) is 0 Å². The molecule has 6 heteroatoms. The van der Waals surface area contributed by atoms with Gasteiger partial charge in [-0.25, -0.2) is 4.79 Å². The molecule has 0 aromatic heterocycles. The second-order valence-corrected chi connectivity index (χ2v) is 5.47. The number of alkyl halides is 1. The SMILES string of the molecule is O=C(O)C(c1ccc(O)cc1)N1CC(Br)CC1=O. The summed E-state index contributed by atoms with van der Waals surface area (Å²) in [5, 5.41) is 18.5. The van der Waals surface area contributed by atoms with Crippen LogP contribution in [0.1, 0.15) is 18.0 Å². The molecule has 0 aliphatic carbocycles. The summed E-state index contributed by atoms with van der Waals surface area (Å²) in [7, 11) is 0. The Morgan fingerprint density at radius 2 is 2.00 bits per heavy atom. The molecule has 1 aliphatic heterocycles. The van der Waals surface area contributed by atoms with Gasteiger partial charge in [0.25, 0.3) is 0 Å². The molecule has 1 saturated heterocycles. The van der Waals surface area contributed by atoms with Crippen molar-refractivity contribution in [2.75, 3.05) is 6.54 Å². The van der Waals surface area contributed by atoms with E-state index in [2.05, 4.69) is 15.9 Å². The molecule has 2 N–H and O–H groups in total. The fourth-order valence-electron chi connectivity index (χ4n) is 2.05. The van der Waals surface area contributed by atoms with Crippen molar-refractivity contribution in [1.29, 1.82) is 0 Å². The number of carboxylic acid groups (broad SMARTS) is 1. The number of nitrogens with zero attached hydrogens (tertiary/aromatic N) is 1. The molecule has 0 spiro atoms. The maximum atomic E-state index is 11.8. The van der Waals surface area contributed by atoms with Gasteiger partial charge in [-0.2, -0.15) is 0 Å². The Labute approximate surface area is 112 Å². The number of hydrogen-bond acceptors (Lipinski definition) is 3. The summed E-state index contributed by atoms with van der Waals surface area (Å²) in [6, 6.07) is 4.86. The zero-order valence-corrected chi connectivity index (χ0v) is 11.0. The van der Waals surface area contributed by atoms with Gasteiger partial charge in [0.05, 0.1) is 0 Å². The lowest BCUT2D eigenvalue weighted by atomic mass is 10.1. The normalized spacial score (nSPS) is 21.1. The quantitative estimate of drug-likeness (QED) is 0.829. The van der Waals surface area contributed by atoms with Gasteiger partial charge >= 0.3 is 5.97 Å². The Morgan fingerprint density at radius 3 is 2.44 bits per heavy atom. The Bertz CT molecular complexity index is 473. The van der Waals surface area contributed by atoms with Crippen LogP contribution >= 0.6 is 15.9 Å². The summed E-state index contributed by atoms with van der Waals surface area (Å²) < 4.78 is 0. The average Bonchev–Trinajstić information content (AvgIpc) is 2.61. The van der Waals surface area contributed by atoms with Crippen molar-refractivity contribution in [2.24, 2.45) is 0 Å². The fraction of sp³-hybridized carbons (Fsp3) is 0.333.